The fourth-order valence-corrected chi connectivity index (χ4v) is 10.3. The van der Waals surface area contributed by atoms with Crippen LogP contribution in [0.25, 0.3) is 0 Å². The summed E-state index contributed by atoms with van der Waals surface area (Å²) in [5.74, 6) is -2.71. The average Bonchev–Trinajstić information content (AvgIpc) is 3.86. The van der Waals surface area contributed by atoms with Gasteiger partial charge in [-0.15, -0.1) is 5.06 Å². The molecule has 2 atom stereocenters. The first kappa shape index (κ1) is 59.8. The monoisotopic (exact) mass is 1090 g/mol. The molecule has 1 fully saturated rings. The maximum atomic E-state index is 12.4. The highest BCUT2D eigenvalue weighted by Crippen LogP contribution is 2.51. The number of carbonyl (C=O) groups excluding carboxylic acids is 3. The van der Waals surface area contributed by atoms with Crippen molar-refractivity contribution in [3.63, 3.8) is 0 Å². The molecular weight excluding hydrogens is 1030 g/mol. The second-order valence-corrected chi connectivity index (χ2v) is 21.9. The van der Waals surface area contributed by atoms with Crippen LogP contribution in [0.4, 0.5) is 11.4 Å². The number of fused-ring (bicyclic) bond motifs is 2. The zero-order valence-corrected chi connectivity index (χ0v) is 44.2. The Hall–Kier alpha value is -5.03. The Morgan fingerprint density at radius 2 is 1.24 bits per heavy atom. The Morgan fingerprint density at radius 1 is 0.676 bits per heavy atom. The van der Waals surface area contributed by atoms with Gasteiger partial charge in [-0.1, -0.05) is 30.4 Å². The van der Waals surface area contributed by atoms with Gasteiger partial charge in [0.2, 0.25) is 5.69 Å². The molecule has 0 N–H and O–H groups in total. The van der Waals surface area contributed by atoms with Crippen LogP contribution < -0.4 is 4.90 Å². The van der Waals surface area contributed by atoms with Crippen LogP contribution in [0.15, 0.2) is 94.4 Å². The molecule has 2 aromatic rings. The number of ether oxygens (including phenoxy) is 6. The van der Waals surface area contributed by atoms with Crippen LogP contribution in [0.2, 0.25) is 0 Å². The summed E-state index contributed by atoms with van der Waals surface area (Å²) in [6.45, 7) is 6.73. The normalized spacial score (nSPS) is 19.9. The van der Waals surface area contributed by atoms with E-state index < -0.39 is 74.5 Å². The molecule has 74 heavy (non-hydrogen) atoms. The maximum absolute atomic E-state index is 12.4. The Labute approximate surface area is 432 Å². The van der Waals surface area contributed by atoms with Crippen molar-refractivity contribution < 1.29 is 91.1 Å². The van der Waals surface area contributed by atoms with E-state index in [-0.39, 0.29) is 84.8 Å². The average molecular weight is 1090 g/mol. The number of benzene rings is 2. The van der Waals surface area contributed by atoms with Crippen molar-refractivity contribution in [3.8, 4) is 0 Å². The highest BCUT2D eigenvalue weighted by atomic mass is 32.2. The van der Waals surface area contributed by atoms with E-state index in [9.17, 15) is 53.3 Å². The van der Waals surface area contributed by atoms with E-state index in [2.05, 4.69) is 0 Å². The van der Waals surface area contributed by atoms with Crippen molar-refractivity contribution in [1.82, 2.24) is 5.06 Å². The molecule has 0 radical (unpaired) electrons. The van der Waals surface area contributed by atoms with Crippen molar-refractivity contribution in [2.75, 3.05) is 104 Å². The molecule has 0 saturated carbocycles. The Morgan fingerprint density at radius 3 is 1.86 bits per heavy atom. The van der Waals surface area contributed by atoms with Gasteiger partial charge in [-0.3, -0.25) is 9.59 Å². The van der Waals surface area contributed by atoms with E-state index in [4.69, 9.17) is 33.3 Å². The van der Waals surface area contributed by atoms with Crippen LogP contribution >= 0.6 is 0 Å². The molecule has 0 spiro atoms. The van der Waals surface area contributed by atoms with E-state index in [1.807, 2.05) is 22.5 Å². The predicted octanol–water partition coefficient (Wildman–Crippen LogP) is 3.25. The lowest BCUT2D eigenvalue weighted by molar-refractivity contribution is -0.442. The third kappa shape index (κ3) is 16.2. The minimum Gasteiger partial charge on any atom is -0.748 e. The fraction of sp³-hybridized carbons (Fsp3) is 0.510. The maximum Gasteiger partial charge on any atom is 0.335 e. The molecule has 3 aliphatic heterocycles. The fourth-order valence-electron chi connectivity index (χ4n) is 8.84. The summed E-state index contributed by atoms with van der Waals surface area (Å²) in [4.78, 5) is 42.0. The van der Waals surface area contributed by atoms with Crippen LogP contribution in [0, 0.1) is 0 Å². The van der Waals surface area contributed by atoms with Crippen LogP contribution in [0.3, 0.4) is 0 Å². The number of anilines is 1. The standard InChI is InChI=1S/C49H65N3O19S3/c1-48(20-10-34-72(56,57)58)39-35-37(73(59,60)61)13-15-41(39)50(23-27-68-30-31-70-33-32-69-29-28-66-4)43(48)11-8-6-5-7-9-12-44-49(2,21-25-65-3)40-36-38(74(62,63)64)14-16-42(40)51(44)22-26-67-24-19-47(55)71-52-45(53)17-18-46(52)54/h5-9,11-16,35-36H,10,17-34H2,1-4H3,(H2-,56,57,58,59,60,61,62,63,64)/p-2. The Balaban J connectivity index is 1.39. The van der Waals surface area contributed by atoms with Gasteiger partial charge >= 0.3 is 5.97 Å². The predicted molar refractivity (Wildman–Crippen MR) is 263 cm³/mol. The number of rotatable bonds is 32. The summed E-state index contributed by atoms with van der Waals surface area (Å²) in [6.07, 6.45) is 12.3. The van der Waals surface area contributed by atoms with Crippen molar-refractivity contribution in [2.24, 2.45) is 0 Å². The number of hydrogen-bond donors (Lipinski definition) is 0. The lowest BCUT2D eigenvalue weighted by atomic mass is 9.76. The van der Waals surface area contributed by atoms with Crippen molar-refractivity contribution in [1.29, 1.82) is 0 Å². The van der Waals surface area contributed by atoms with Gasteiger partial charge in [-0.05, 0) is 75.1 Å². The first-order chi connectivity index (χ1) is 35.0. The molecule has 3 heterocycles. The highest BCUT2D eigenvalue weighted by Gasteiger charge is 2.48. The minimum atomic E-state index is -4.89. The van der Waals surface area contributed by atoms with E-state index in [0.717, 1.165) is 0 Å². The molecule has 0 aliphatic carbocycles. The molecule has 0 aromatic heterocycles. The van der Waals surface area contributed by atoms with Gasteiger partial charge < -0.3 is 51.8 Å². The lowest BCUT2D eigenvalue weighted by Gasteiger charge is -2.30. The van der Waals surface area contributed by atoms with Gasteiger partial charge in [0.05, 0.1) is 84.6 Å². The van der Waals surface area contributed by atoms with E-state index in [0.29, 0.717) is 71.8 Å². The number of nitrogens with zero attached hydrogens (tertiary/aromatic N) is 3. The second kappa shape index (κ2) is 27.1. The molecule has 1 saturated heterocycles. The first-order valence-electron chi connectivity index (χ1n) is 23.7. The number of amides is 2. The van der Waals surface area contributed by atoms with Gasteiger partial charge in [0, 0.05) is 80.5 Å². The molecule has 3 aliphatic rings. The molecule has 0 bridgehead atoms. The quantitative estimate of drug-likeness (QED) is 0.0334. The number of allylic oxidation sites excluding steroid dienone is 8. The third-order valence-corrected chi connectivity index (χ3v) is 15.0. The summed E-state index contributed by atoms with van der Waals surface area (Å²) < 4.78 is 143. The summed E-state index contributed by atoms with van der Waals surface area (Å²) in [7, 11) is -11.2. The zero-order chi connectivity index (χ0) is 54.2. The Kier molecular flexibility index (Phi) is 22.0. The number of hydroxylamine groups is 2. The van der Waals surface area contributed by atoms with Crippen LogP contribution in [-0.2, 0) is 88.8 Å². The smallest absolute Gasteiger partial charge is 0.335 e. The van der Waals surface area contributed by atoms with Crippen LogP contribution in [-0.4, -0.2) is 171 Å². The zero-order valence-electron chi connectivity index (χ0n) is 41.8. The molecule has 2 aromatic carbocycles. The van der Waals surface area contributed by atoms with Gasteiger partial charge in [0.1, 0.15) is 26.8 Å². The lowest BCUT2D eigenvalue weighted by Crippen LogP contribution is -2.33. The third-order valence-electron chi connectivity index (χ3n) is 12.6. The minimum absolute atomic E-state index is 0.0457. The van der Waals surface area contributed by atoms with Crippen LogP contribution in [0.1, 0.15) is 63.5 Å². The van der Waals surface area contributed by atoms with Gasteiger partial charge in [-0.25, -0.2) is 30.0 Å². The van der Waals surface area contributed by atoms with Gasteiger partial charge in [0.25, 0.3) is 11.8 Å². The molecule has 25 heteroatoms. The topological polar surface area (TPSA) is 297 Å². The first-order valence-corrected chi connectivity index (χ1v) is 28.1. The Bertz CT molecular complexity index is 2810. The summed E-state index contributed by atoms with van der Waals surface area (Å²) in [5.41, 5.74) is 1.54. The highest BCUT2D eigenvalue weighted by molar-refractivity contribution is 7.86. The van der Waals surface area contributed by atoms with Gasteiger partial charge in [-0.2, -0.15) is 4.58 Å². The molecule has 5 rings (SSSR count). The van der Waals surface area contributed by atoms with Crippen molar-refractivity contribution in [2.45, 2.75) is 73.0 Å². The van der Waals surface area contributed by atoms with Gasteiger partial charge in [0.15, 0.2) is 12.3 Å². The summed E-state index contributed by atoms with van der Waals surface area (Å²) in [6, 6.07) is 8.13. The van der Waals surface area contributed by atoms with E-state index in [1.165, 1.54) is 37.4 Å². The molecule has 408 valence electrons. The van der Waals surface area contributed by atoms with Crippen molar-refractivity contribution >= 4 is 65.2 Å². The molecule has 2 unspecified atom stereocenters. The summed E-state index contributed by atoms with van der Waals surface area (Å²) >= 11 is 0. The SMILES string of the molecule is COCCOCCOCCOCC[N+]1=C(/C=C/C=C/C=C/C=C2/N(CCOCCC(=O)ON3C(=O)CCC3=O)c3ccc(S(=O)(=O)[O-])cc3C2(C)CCOC)C(C)(CCCS(=O)(=O)[O-])c2cc(S(=O)(=O)[O-])ccc21. The molecule has 2 amide bonds. The number of carbonyl (C=O) groups is 3. The van der Waals surface area contributed by atoms with E-state index >= 15 is 0 Å². The van der Waals surface area contributed by atoms with Crippen LogP contribution in [0.5, 0.6) is 0 Å². The number of hydrogen-bond acceptors (Lipinski definition) is 20. The van der Waals surface area contributed by atoms with E-state index in [1.54, 1.807) is 56.6 Å². The number of methoxy groups -OCH3 is 2. The summed E-state index contributed by atoms with van der Waals surface area (Å²) in [5, 5.41) is 0.458. The molecule has 22 nitrogen and oxygen atoms in total. The largest absolute Gasteiger partial charge is 0.748 e. The van der Waals surface area contributed by atoms with Crippen molar-refractivity contribution in [3.05, 3.63) is 95.8 Å². The number of imide groups is 1. The second-order valence-electron chi connectivity index (χ2n) is 17.6. The molecular formula is C49H63N3O19S3-2.